The topological polar surface area (TPSA) is 160 Å². The van der Waals surface area contributed by atoms with Gasteiger partial charge in [0.05, 0.1) is 27.4 Å². The number of para-hydroxylation sites is 1. The van der Waals surface area contributed by atoms with Crippen molar-refractivity contribution in [1.29, 1.82) is 0 Å². The van der Waals surface area contributed by atoms with Crippen LogP contribution in [0.2, 0.25) is 0 Å². The van der Waals surface area contributed by atoms with Gasteiger partial charge < -0.3 is 43.6 Å². The Balaban J connectivity index is 1.37. The van der Waals surface area contributed by atoms with E-state index >= 15 is 4.79 Å². The van der Waals surface area contributed by atoms with Gasteiger partial charge in [-0.1, -0.05) is 44.2 Å². The highest BCUT2D eigenvalue weighted by molar-refractivity contribution is 5.95. The number of methoxy groups -OCH3 is 3. The first-order valence-electron chi connectivity index (χ1n) is 22.1. The molecule has 1 saturated carbocycles. The number of rotatable bonds is 8. The van der Waals surface area contributed by atoms with Crippen LogP contribution in [0.5, 0.6) is 5.75 Å². The number of nitrogens with zero attached hydrogens (tertiary/aromatic N) is 3. The summed E-state index contributed by atoms with van der Waals surface area (Å²) in [5.74, 6) is -2.20. The summed E-state index contributed by atoms with van der Waals surface area (Å²) in [5, 5.41) is 14.4. The van der Waals surface area contributed by atoms with Crippen LogP contribution in [-0.4, -0.2) is 135 Å². The summed E-state index contributed by atoms with van der Waals surface area (Å²) in [6.07, 6.45) is 4.98. The Hall–Kier alpha value is -4.92. The van der Waals surface area contributed by atoms with Gasteiger partial charge in [0.2, 0.25) is 5.60 Å². The molecule has 2 N–H and O–H groups in total. The molecule has 62 heavy (non-hydrogen) atoms. The Bertz CT molecular complexity index is 2360. The number of anilines is 1. The molecule has 6 heterocycles. The van der Waals surface area contributed by atoms with E-state index in [9.17, 15) is 19.5 Å². The number of aromatic nitrogens is 1. The number of ether oxygens (including phenoxy) is 5. The molecule has 2 saturated heterocycles. The number of aliphatic hydroxyl groups is 1. The number of carbonyl (C=O) groups is 4. The van der Waals surface area contributed by atoms with Crippen LogP contribution in [0.25, 0.3) is 10.9 Å². The fourth-order valence-corrected chi connectivity index (χ4v) is 13.8. The Morgan fingerprint density at radius 1 is 0.919 bits per heavy atom. The van der Waals surface area contributed by atoms with Gasteiger partial charge in [-0.3, -0.25) is 19.3 Å². The van der Waals surface area contributed by atoms with Crippen LogP contribution in [0.3, 0.4) is 0 Å². The minimum absolute atomic E-state index is 0.0331. The highest BCUT2D eigenvalue weighted by Gasteiger charge is 2.80. The molecule has 1 unspecified atom stereocenters. The van der Waals surface area contributed by atoms with Gasteiger partial charge in [-0.05, 0) is 61.9 Å². The molecule has 2 bridgehead atoms. The number of benzene rings is 2. The van der Waals surface area contributed by atoms with Gasteiger partial charge in [-0.2, -0.15) is 0 Å². The van der Waals surface area contributed by atoms with Crippen molar-refractivity contribution in [2.24, 2.45) is 17.3 Å². The number of esters is 4. The fraction of sp³-hybridized carbons (Fsp3) is 0.583. The zero-order valence-electron chi connectivity index (χ0n) is 37.1. The van der Waals surface area contributed by atoms with Crippen LogP contribution in [-0.2, 0) is 55.4 Å². The second-order valence-electron chi connectivity index (χ2n) is 18.6. The van der Waals surface area contributed by atoms with Crippen LogP contribution in [0.4, 0.5) is 5.69 Å². The average molecular weight is 853 g/mol. The molecule has 3 fully saturated rings. The van der Waals surface area contributed by atoms with Crippen molar-refractivity contribution in [1.82, 2.24) is 14.8 Å². The third kappa shape index (κ3) is 5.57. The molecule has 14 nitrogen and oxygen atoms in total. The summed E-state index contributed by atoms with van der Waals surface area (Å²) in [7, 11) is 6.10. The van der Waals surface area contributed by atoms with Crippen molar-refractivity contribution in [3.8, 4) is 5.75 Å². The Morgan fingerprint density at radius 2 is 1.66 bits per heavy atom. The van der Waals surface area contributed by atoms with Crippen molar-refractivity contribution in [3.05, 3.63) is 70.9 Å². The van der Waals surface area contributed by atoms with Crippen molar-refractivity contribution < 1.29 is 48.0 Å². The first-order valence-corrected chi connectivity index (χ1v) is 22.1. The van der Waals surface area contributed by atoms with Crippen molar-refractivity contribution in [2.45, 2.75) is 101 Å². The number of carbonyl (C=O) groups excluding carboxylic acids is 4. The third-order valence-electron chi connectivity index (χ3n) is 16.0. The van der Waals surface area contributed by atoms with Crippen LogP contribution in [0, 0.1) is 17.3 Å². The van der Waals surface area contributed by atoms with Gasteiger partial charge >= 0.3 is 23.9 Å². The highest BCUT2D eigenvalue weighted by Crippen LogP contribution is 2.68. The van der Waals surface area contributed by atoms with Crippen LogP contribution in [0.1, 0.15) is 75.8 Å². The van der Waals surface area contributed by atoms with Crippen LogP contribution < -0.4 is 9.64 Å². The summed E-state index contributed by atoms with van der Waals surface area (Å²) in [5.41, 5.74) is -1.08. The van der Waals surface area contributed by atoms with E-state index in [2.05, 4.69) is 33.8 Å². The van der Waals surface area contributed by atoms with Crippen LogP contribution in [0.15, 0.2) is 48.6 Å². The predicted molar refractivity (Wildman–Crippen MR) is 230 cm³/mol. The maximum atomic E-state index is 15.5. The number of likely N-dealkylation sites (N-methyl/N-ethyl adjacent to an activating group) is 1. The van der Waals surface area contributed by atoms with Crippen molar-refractivity contribution >= 4 is 40.5 Å². The normalized spacial score (nSPS) is 35.6. The van der Waals surface area contributed by atoms with Gasteiger partial charge in [-0.15, -0.1) is 0 Å². The number of aromatic amines is 1. The molecule has 332 valence electrons. The molecule has 9 rings (SSSR count). The number of hydrogen-bond acceptors (Lipinski definition) is 13. The zero-order valence-corrected chi connectivity index (χ0v) is 37.1. The highest BCUT2D eigenvalue weighted by atomic mass is 16.6. The van der Waals surface area contributed by atoms with Crippen molar-refractivity contribution in [2.75, 3.05) is 66.0 Å². The average Bonchev–Trinajstić information content (AvgIpc) is 3.93. The molecular formula is C48H60N4O10. The SMILES string of the molecule is CC[C@@H]1CN2CCc3c([nH]c4ccccc34)[C@@](C(=O)OC)(c3cc4c(cc3OC)N(C)[C@H]3[C@@](O)(C(=O)OC)[C@H](OC(C)=O)[C@]5(CC)C=CCN6CC[C@]43[C@@H]65)C[C@@H](C2)[C@@H]1OC(C)=O. The van der Waals surface area contributed by atoms with E-state index in [-0.39, 0.29) is 30.3 Å². The van der Waals surface area contributed by atoms with Gasteiger partial charge in [0.1, 0.15) is 17.3 Å². The molecule has 2 aromatic carbocycles. The van der Waals surface area contributed by atoms with Gasteiger partial charge in [0.15, 0.2) is 6.10 Å². The standard InChI is InChI=1S/C48H60N4O10/c1-9-29-25-51-20-16-32-31-14-11-12-15-35(31)49-39(32)47(43(55)59-7,24-30(26-51)38(29)61-27(3)53)34-22-33-36(23-37(34)58-6)50(5)41-46(33)18-21-52-19-13-17-45(10-2,40(46)52)42(62-28(4)54)48(41,57)44(56)60-8/h11-15,17,22-23,29-30,38,40-42,49,57H,9-10,16,18-21,24-26H2,1-8H3/t29-,30+,38-,40+,41-,42-,45-,46-,47+,48+/m1/s1. The first kappa shape index (κ1) is 42.4. The lowest BCUT2D eigenvalue weighted by molar-refractivity contribution is -0.228. The minimum Gasteiger partial charge on any atom is -0.496 e. The lowest BCUT2D eigenvalue weighted by Gasteiger charge is -2.63. The molecule has 11 atom stereocenters. The summed E-state index contributed by atoms with van der Waals surface area (Å²) < 4.78 is 30.3. The molecule has 5 aliphatic heterocycles. The number of piperidine rings is 1. The molecule has 14 heteroatoms. The first-order chi connectivity index (χ1) is 29.7. The summed E-state index contributed by atoms with van der Waals surface area (Å²) >= 11 is 0. The van der Waals surface area contributed by atoms with E-state index in [1.165, 1.54) is 28.1 Å². The Morgan fingerprint density at radius 3 is 2.34 bits per heavy atom. The number of hydrogen-bond donors (Lipinski definition) is 2. The number of fused-ring (bicyclic) bond motifs is 6. The number of H-pyrrole nitrogens is 1. The molecule has 1 spiro atoms. The lowest BCUT2D eigenvalue weighted by atomic mass is 9.47. The summed E-state index contributed by atoms with van der Waals surface area (Å²) in [6, 6.07) is 10.8. The summed E-state index contributed by atoms with van der Waals surface area (Å²) in [4.78, 5) is 66.4. The van der Waals surface area contributed by atoms with E-state index in [0.29, 0.717) is 55.9 Å². The molecule has 3 aromatic rings. The smallest absolute Gasteiger partial charge is 0.344 e. The predicted octanol–water partition coefficient (Wildman–Crippen LogP) is 4.42. The van der Waals surface area contributed by atoms with Crippen LogP contribution >= 0.6 is 0 Å². The van der Waals surface area contributed by atoms with E-state index in [0.717, 1.165) is 47.2 Å². The van der Waals surface area contributed by atoms with E-state index in [4.69, 9.17) is 23.7 Å². The molecule has 6 aliphatic rings. The third-order valence-corrected chi connectivity index (χ3v) is 16.0. The van der Waals surface area contributed by atoms with Gasteiger partial charge in [-0.25, -0.2) is 4.79 Å². The lowest BCUT2D eigenvalue weighted by Crippen LogP contribution is -2.81. The zero-order chi connectivity index (χ0) is 44.1. The monoisotopic (exact) mass is 852 g/mol. The number of nitrogens with one attached hydrogen (secondary N) is 1. The maximum Gasteiger partial charge on any atom is 0.344 e. The molecule has 0 radical (unpaired) electrons. The quantitative estimate of drug-likeness (QED) is 0.187. The van der Waals surface area contributed by atoms with Gasteiger partial charge in [0.25, 0.3) is 0 Å². The Labute approximate surface area is 362 Å². The van der Waals surface area contributed by atoms with Crippen molar-refractivity contribution in [3.63, 3.8) is 0 Å². The largest absolute Gasteiger partial charge is 0.496 e. The molecule has 1 aromatic heterocycles. The van der Waals surface area contributed by atoms with E-state index in [1.807, 2.05) is 55.3 Å². The summed E-state index contributed by atoms with van der Waals surface area (Å²) in [6.45, 7) is 10.2. The fourth-order valence-electron chi connectivity index (χ4n) is 13.8. The van der Waals surface area contributed by atoms with E-state index < -0.39 is 58.0 Å². The van der Waals surface area contributed by atoms with E-state index in [1.54, 1.807) is 7.11 Å². The second-order valence-corrected chi connectivity index (χ2v) is 18.6. The minimum atomic E-state index is -2.33. The van der Waals surface area contributed by atoms with Gasteiger partial charge in [0, 0.05) is 110 Å². The molecule has 1 aliphatic carbocycles. The molecule has 0 amide bonds. The maximum absolute atomic E-state index is 15.5. The Kier molecular flexibility index (Phi) is 10.3. The molecular weight excluding hydrogens is 793 g/mol. The second kappa shape index (κ2) is 15.1.